The molecule has 0 amide bonds. The number of aliphatic hydroxyl groups excluding tert-OH is 1. The smallest absolute Gasteiger partial charge is 0.338 e. The second kappa shape index (κ2) is 6.48. The molecule has 5 nitrogen and oxygen atoms in total. The standard InChI is InChI=1S/C17H24O5/c1-16(2,3)21-14(19)12-7-11(10-18)8-13(9-12)15(20)22-17(4,5)6/h7-9,18H,10H2,1-6H3. The zero-order valence-corrected chi connectivity index (χ0v) is 14.0. The van der Waals surface area contributed by atoms with Crippen molar-refractivity contribution in [2.24, 2.45) is 0 Å². The molecule has 1 rings (SSSR count). The van der Waals surface area contributed by atoms with Crippen LogP contribution in [0.1, 0.15) is 67.8 Å². The van der Waals surface area contributed by atoms with Gasteiger partial charge in [0, 0.05) is 0 Å². The van der Waals surface area contributed by atoms with Crippen LogP contribution in [0.5, 0.6) is 0 Å². The Labute approximate surface area is 131 Å². The van der Waals surface area contributed by atoms with Crippen LogP contribution >= 0.6 is 0 Å². The van der Waals surface area contributed by atoms with Crippen molar-refractivity contribution in [3.63, 3.8) is 0 Å². The number of esters is 2. The summed E-state index contributed by atoms with van der Waals surface area (Å²) in [6.45, 7) is 10.3. The van der Waals surface area contributed by atoms with Crippen LogP contribution < -0.4 is 0 Å². The van der Waals surface area contributed by atoms with Gasteiger partial charge in [-0.3, -0.25) is 0 Å². The van der Waals surface area contributed by atoms with Crippen molar-refractivity contribution in [1.29, 1.82) is 0 Å². The van der Waals surface area contributed by atoms with E-state index in [0.717, 1.165) is 0 Å². The van der Waals surface area contributed by atoms with E-state index in [4.69, 9.17) is 9.47 Å². The van der Waals surface area contributed by atoms with Gasteiger partial charge >= 0.3 is 11.9 Å². The molecule has 0 aliphatic carbocycles. The highest BCUT2D eigenvalue weighted by Crippen LogP contribution is 2.18. The highest BCUT2D eigenvalue weighted by Gasteiger charge is 2.22. The Hall–Kier alpha value is -1.88. The maximum atomic E-state index is 12.1. The van der Waals surface area contributed by atoms with Crippen LogP contribution in [-0.4, -0.2) is 28.2 Å². The van der Waals surface area contributed by atoms with E-state index in [-0.39, 0.29) is 17.7 Å². The first-order chi connectivity index (χ1) is 9.91. The second-order valence-corrected chi connectivity index (χ2v) is 7.08. The molecular formula is C17H24O5. The molecule has 0 saturated heterocycles. The number of carbonyl (C=O) groups is 2. The van der Waals surface area contributed by atoms with Gasteiger partial charge in [0.25, 0.3) is 0 Å². The third kappa shape index (κ3) is 5.85. The summed E-state index contributed by atoms with van der Waals surface area (Å²) in [6.07, 6.45) is 0. The van der Waals surface area contributed by atoms with Crippen LogP contribution in [0.2, 0.25) is 0 Å². The lowest BCUT2D eigenvalue weighted by Crippen LogP contribution is -2.25. The Balaban J connectivity index is 3.13. The summed E-state index contributed by atoms with van der Waals surface area (Å²) in [5.74, 6) is -1.10. The number of aliphatic hydroxyl groups is 1. The molecule has 0 spiro atoms. The van der Waals surface area contributed by atoms with Crippen molar-refractivity contribution in [3.8, 4) is 0 Å². The van der Waals surface area contributed by atoms with E-state index in [2.05, 4.69) is 0 Å². The van der Waals surface area contributed by atoms with Crippen molar-refractivity contribution in [3.05, 3.63) is 34.9 Å². The number of benzene rings is 1. The third-order valence-electron chi connectivity index (χ3n) is 2.44. The lowest BCUT2D eigenvalue weighted by Gasteiger charge is -2.21. The molecule has 0 aliphatic rings. The molecule has 1 aromatic carbocycles. The fraction of sp³-hybridized carbons (Fsp3) is 0.529. The predicted molar refractivity (Wildman–Crippen MR) is 82.7 cm³/mol. The molecule has 0 bridgehead atoms. The SMILES string of the molecule is CC(C)(C)OC(=O)c1cc(CO)cc(C(=O)OC(C)(C)C)c1. The maximum absolute atomic E-state index is 12.1. The van der Waals surface area contributed by atoms with Gasteiger partial charge in [0.05, 0.1) is 17.7 Å². The average Bonchev–Trinajstić information content (AvgIpc) is 2.34. The van der Waals surface area contributed by atoms with Crippen molar-refractivity contribution >= 4 is 11.9 Å². The zero-order valence-electron chi connectivity index (χ0n) is 14.0. The van der Waals surface area contributed by atoms with Gasteiger partial charge in [-0.25, -0.2) is 9.59 Å². The third-order valence-corrected chi connectivity index (χ3v) is 2.44. The Morgan fingerprint density at radius 1 is 0.864 bits per heavy atom. The molecule has 0 atom stereocenters. The quantitative estimate of drug-likeness (QED) is 0.869. The summed E-state index contributed by atoms with van der Waals surface area (Å²) in [5, 5.41) is 9.31. The zero-order chi connectivity index (χ0) is 17.1. The Morgan fingerprint density at radius 3 is 1.50 bits per heavy atom. The van der Waals surface area contributed by atoms with E-state index in [0.29, 0.717) is 5.56 Å². The highest BCUT2D eigenvalue weighted by molar-refractivity contribution is 5.96. The largest absolute Gasteiger partial charge is 0.456 e. The lowest BCUT2D eigenvalue weighted by atomic mass is 10.1. The molecule has 0 saturated carbocycles. The van der Waals surface area contributed by atoms with Gasteiger partial charge in [0.15, 0.2) is 0 Å². The summed E-state index contributed by atoms with van der Waals surface area (Å²) in [4.78, 5) is 24.3. The molecule has 122 valence electrons. The van der Waals surface area contributed by atoms with Gasteiger partial charge in [0.1, 0.15) is 11.2 Å². The minimum Gasteiger partial charge on any atom is -0.456 e. The summed E-state index contributed by atoms with van der Waals surface area (Å²) in [5.41, 5.74) is -0.412. The van der Waals surface area contributed by atoms with Crippen LogP contribution in [-0.2, 0) is 16.1 Å². The second-order valence-electron chi connectivity index (χ2n) is 7.08. The van der Waals surface area contributed by atoms with Gasteiger partial charge in [-0.1, -0.05) is 0 Å². The summed E-state index contributed by atoms with van der Waals surface area (Å²) >= 11 is 0. The molecule has 22 heavy (non-hydrogen) atoms. The van der Waals surface area contributed by atoms with Crippen LogP contribution in [0.15, 0.2) is 18.2 Å². The molecule has 0 aromatic heterocycles. The summed E-state index contributed by atoms with van der Waals surface area (Å²) < 4.78 is 10.6. The highest BCUT2D eigenvalue weighted by atomic mass is 16.6. The van der Waals surface area contributed by atoms with E-state index in [9.17, 15) is 14.7 Å². The summed E-state index contributed by atoms with van der Waals surface area (Å²) in [6, 6.07) is 4.42. The normalized spacial score (nSPS) is 12.0. The monoisotopic (exact) mass is 308 g/mol. The first kappa shape index (κ1) is 18.2. The lowest BCUT2D eigenvalue weighted by molar-refractivity contribution is 0.00676. The molecule has 0 fully saturated rings. The van der Waals surface area contributed by atoms with Gasteiger partial charge in [-0.05, 0) is 65.3 Å². The van der Waals surface area contributed by atoms with E-state index in [1.165, 1.54) is 18.2 Å². The summed E-state index contributed by atoms with van der Waals surface area (Å²) in [7, 11) is 0. The molecular weight excluding hydrogens is 284 g/mol. The first-order valence-corrected chi connectivity index (χ1v) is 7.13. The van der Waals surface area contributed by atoms with E-state index in [1.807, 2.05) is 0 Å². The molecule has 0 aliphatic heterocycles. The molecule has 5 heteroatoms. The molecule has 0 heterocycles. The number of hydrogen-bond acceptors (Lipinski definition) is 5. The van der Waals surface area contributed by atoms with Crippen molar-refractivity contribution < 1.29 is 24.2 Å². The number of carbonyl (C=O) groups excluding carboxylic acids is 2. The van der Waals surface area contributed by atoms with Gasteiger partial charge in [-0.15, -0.1) is 0 Å². The van der Waals surface area contributed by atoms with Crippen LogP contribution in [0, 0.1) is 0 Å². The van der Waals surface area contributed by atoms with E-state index >= 15 is 0 Å². The van der Waals surface area contributed by atoms with Crippen LogP contribution in [0.3, 0.4) is 0 Å². The van der Waals surface area contributed by atoms with Crippen LogP contribution in [0.25, 0.3) is 0 Å². The fourth-order valence-corrected chi connectivity index (χ4v) is 1.69. The van der Waals surface area contributed by atoms with Crippen molar-refractivity contribution in [2.75, 3.05) is 0 Å². The molecule has 0 unspecified atom stereocenters. The van der Waals surface area contributed by atoms with E-state index < -0.39 is 23.1 Å². The minimum absolute atomic E-state index is 0.210. The number of rotatable bonds is 3. The average molecular weight is 308 g/mol. The van der Waals surface area contributed by atoms with Gasteiger partial charge < -0.3 is 14.6 Å². The number of hydrogen-bond donors (Lipinski definition) is 1. The van der Waals surface area contributed by atoms with Gasteiger partial charge in [0.2, 0.25) is 0 Å². The Bertz CT molecular complexity index is 515. The molecule has 0 radical (unpaired) electrons. The van der Waals surface area contributed by atoms with E-state index in [1.54, 1.807) is 41.5 Å². The fourth-order valence-electron chi connectivity index (χ4n) is 1.69. The van der Waals surface area contributed by atoms with Crippen molar-refractivity contribution in [1.82, 2.24) is 0 Å². The maximum Gasteiger partial charge on any atom is 0.338 e. The Kier molecular flexibility index (Phi) is 5.35. The van der Waals surface area contributed by atoms with Crippen molar-refractivity contribution in [2.45, 2.75) is 59.4 Å². The molecule has 1 aromatic rings. The minimum atomic E-state index is -0.640. The van der Waals surface area contributed by atoms with Crippen LogP contribution in [0.4, 0.5) is 0 Å². The van der Waals surface area contributed by atoms with Gasteiger partial charge in [-0.2, -0.15) is 0 Å². The number of ether oxygens (including phenoxy) is 2. The topological polar surface area (TPSA) is 72.8 Å². The molecule has 1 N–H and O–H groups in total. The predicted octanol–water partition coefficient (Wildman–Crippen LogP) is 3.09. The first-order valence-electron chi connectivity index (χ1n) is 7.13. The Morgan fingerprint density at radius 2 is 1.23 bits per heavy atom.